The Morgan fingerprint density at radius 1 is 1.44 bits per heavy atom. The lowest BCUT2D eigenvalue weighted by Gasteiger charge is -2.22. The Morgan fingerprint density at radius 2 is 2.16 bits per heavy atom. The largest absolute Gasteiger partial charge is 0.464 e. The molecule has 0 aliphatic carbocycles. The zero-order valence-electron chi connectivity index (χ0n) is 14.1. The predicted octanol–water partition coefficient (Wildman–Crippen LogP) is 0.901. The molecule has 1 fully saturated rings. The van der Waals surface area contributed by atoms with Gasteiger partial charge in [0.05, 0.1) is 18.1 Å². The molecule has 0 aromatic heterocycles. The Kier molecular flexibility index (Phi) is 7.32. The minimum Gasteiger partial charge on any atom is -0.464 e. The summed E-state index contributed by atoms with van der Waals surface area (Å²) in [5.41, 5.74) is 0. The van der Waals surface area contributed by atoms with E-state index in [9.17, 15) is 13.2 Å². The van der Waals surface area contributed by atoms with E-state index in [1.807, 2.05) is 42.3 Å². The maximum Gasteiger partial charge on any atom is 0.316 e. The molecule has 2 rings (SSSR count). The number of esters is 1. The molecule has 0 amide bonds. The lowest BCUT2D eigenvalue weighted by Crippen LogP contribution is -2.38. The lowest BCUT2D eigenvalue weighted by atomic mass is 10.3. The van der Waals surface area contributed by atoms with Crippen LogP contribution < -0.4 is 0 Å². The van der Waals surface area contributed by atoms with Gasteiger partial charge in [-0.1, -0.05) is 24.1 Å². The van der Waals surface area contributed by atoms with Gasteiger partial charge in [-0.05, 0) is 19.2 Å². The molecule has 1 saturated heterocycles. The second-order valence-electron chi connectivity index (χ2n) is 5.73. The highest BCUT2D eigenvalue weighted by Crippen LogP contribution is 2.18. The van der Waals surface area contributed by atoms with Crippen LogP contribution in [0.25, 0.3) is 0 Å². The number of carbonyl (C=O) groups is 1. The smallest absolute Gasteiger partial charge is 0.316 e. The molecule has 6 nitrogen and oxygen atoms in total. The maximum absolute atomic E-state index is 12.0. The summed E-state index contributed by atoms with van der Waals surface area (Å²) in [6.45, 7) is 1.18. The Morgan fingerprint density at radius 3 is 2.84 bits per heavy atom. The van der Waals surface area contributed by atoms with E-state index >= 15 is 0 Å². The number of terminal acetylenes is 1. The average molecular weight is 383 g/mol. The Bertz CT molecular complexity index is 716. The summed E-state index contributed by atoms with van der Waals surface area (Å²) in [6.07, 6.45) is 5.21. The van der Waals surface area contributed by atoms with Crippen molar-refractivity contribution < 1.29 is 17.9 Å². The molecule has 1 aromatic carbocycles. The van der Waals surface area contributed by atoms with E-state index in [0.29, 0.717) is 13.1 Å². The Balaban J connectivity index is 1.69. The SMILES string of the molecule is C#CCN1CC(N(C)CCOC(=O)CSc2ccccc2)CS1(=O)=O. The molecular weight excluding hydrogens is 360 g/mol. The topological polar surface area (TPSA) is 66.9 Å². The second-order valence-corrected chi connectivity index (χ2v) is 8.79. The molecule has 0 bridgehead atoms. The van der Waals surface area contributed by atoms with Crippen LogP contribution in [0.4, 0.5) is 0 Å². The summed E-state index contributed by atoms with van der Waals surface area (Å²) in [5.74, 6) is 2.38. The van der Waals surface area contributed by atoms with Crippen molar-refractivity contribution in [3.05, 3.63) is 30.3 Å². The van der Waals surface area contributed by atoms with Gasteiger partial charge in [0.15, 0.2) is 0 Å². The van der Waals surface area contributed by atoms with Crippen molar-refractivity contribution in [2.75, 3.05) is 44.8 Å². The summed E-state index contributed by atoms with van der Waals surface area (Å²) < 4.78 is 30.5. The Hall–Kier alpha value is -1.53. The van der Waals surface area contributed by atoms with E-state index in [2.05, 4.69) is 5.92 Å². The number of thioether (sulfide) groups is 1. The summed E-state index contributed by atoms with van der Waals surface area (Å²) in [4.78, 5) is 14.7. The number of nitrogens with zero attached hydrogens (tertiary/aromatic N) is 2. The van der Waals surface area contributed by atoms with E-state index in [-0.39, 0.29) is 36.7 Å². The second kappa shape index (κ2) is 9.25. The van der Waals surface area contributed by atoms with Gasteiger partial charge in [0.2, 0.25) is 10.0 Å². The molecule has 0 radical (unpaired) electrons. The summed E-state index contributed by atoms with van der Waals surface area (Å²) in [7, 11) is -1.46. The van der Waals surface area contributed by atoms with Crippen LogP contribution in [0.2, 0.25) is 0 Å². The first-order chi connectivity index (χ1) is 11.9. The summed E-state index contributed by atoms with van der Waals surface area (Å²) in [6, 6.07) is 9.49. The minimum atomic E-state index is -3.29. The van der Waals surface area contributed by atoms with Crippen LogP contribution in [-0.4, -0.2) is 74.4 Å². The van der Waals surface area contributed by atoms with E-state index < -0.39 is 10.0 Å². The van der Waals surface area contributed by atoms with E-state index in [4.69, 9.17) is 11.2 Å². The van der Waals surface area contributed by atoms with E-state index in [1.54, 1.807) is 0 Å². The lowest BCUT2D eigenvalue weighted by molar-refractivity contribution is -0.140. The number of hydrogen-bond acceptors (Lipinski definition) is 6. The third-order valence-corrected chi connectivity index (χ3v) is 6.77. The first-order valence-corrected chi connectivity index (χ1v) is 10.5. The standard InChI is InChI=1S/C17H22N2O4S2/c1-3-9-19-12-15(14-25(19,21)22)18(2)10-11-23-17(20)13-24-16-7-5-4-6-8-16/h1,4-8,15H,9-14H2,2H3. The number of likely N-dealkylation sites (N-methyl/N-ethyl adjacent to an activating group) is 1. The number of ether oxygens (including phenoxy) is 1. The van der Waals surface area contributed by atoms with Crippen LogP contribution in [0, 0.1) is 12.3 Å². The van der Waals surface area contributed by atoms with Gasteiger partial charge in [-0.3, -0.25) is 9.69 Å². The fraction of sp³-hybridized carbons (Fsp3) is 0.471. The van der Waals surface area contributed by atoms with Crippen LogP contribution in [0.5, 0.6) is 0 Å². The van der Waals surface area contributed by atoms with Crippen LogP contribution in [0.15, 0.2) is 35.2 Å². The highest BCUT2D eigenvalue weighted by atomic mass is 32.2. The van der Waals surface area contributed by atoms with Gasteiger partial charge in [-0.2, -0.15) is 4.31 Å². The van der Waals surface area contributed by atoms with Gasteiger partial charge in [0, 0.05) is 24.0 Å². The van der Waals surface area contributed by atoms with Gasteiger partial charge < -0.3 is 4.74 Å². The number of sulfonamides is 1. The van der Waals surface area contributed by atoms with Crippen molar-refractivity contribution in [2.24, 2.45) is 0 Å². The van der Waals surface area contributed by atoms with Crippen molar-refractivity contribution in [3.8, 4) is 12.3 Å². The molecule has 8 heteroatoms. The third kappa shape index (κ3) is 6.04. The molecule has 1 unspecified atom stereocenters. The quantitative estimate of drug-likeness (QED) is 0.378. The number of carbonyl (C=O) groups excluding carboxylic acids is 1. The van der Waals surface area contributed by atoms with Crippen LogP contribution in [0.3, 0.4) is 0 Å². The van der Waals surface area contributed by atoms with Gasteiger partial charge in [-0.25, -0.2) is 8.42 Å². The average Bonchev–Trinajstić information content (AvgIpc) is 2.89. The molecule has 1 atom stereocenters. The van der Waals surface area contributed by atoms with Crippen LogP contribution in [0.1, 0.15) is 0 Å². The maximum atomic E-state index is 12.0. The predicted molar refractivity (Wildman–Crippen MR) is 98.7 cm³/mol. The molecule has 1 aliphatic rings. The van der Waals surface area contributed by atoms with Gasteiger partial charge in [-0.15, -0.1) is 18.2 Å². The molecule has 0 spiro atoms. The normalized spacial score (nSPS) is 19.6. The first kappa shape index (κ1) is 19.8. The molecule has 1 aromatic rings. The van der Waals surface area contributed by atoms with Gasteiger partial charge in [0.25, 0.3) is 0 Å². The van der Waals surface area contributed by atoms with E-state index in [1.165, 1.54) is 16.1 Å². The highest BCUT2D eigenvalue weighted by molar-refractivity contribution is 8.00. The zero-order valence-corrected chi connectivity index (χ0v) is 15.8. The van der Waals surface area contributed by atoms with Gasteiger partial charge >= 0.3 is 5.97 Å². The number of hydrogen-bond donors (Lipinski definition) is 0. The van der Waals surface area contributed by atoms with Crippen LogP contribution in [-0.2, 0) is 19.6 Å². The molecule has 0 N–H and O–H groups in total. The van der Waals surface area contributed by atoms with Crippen molar-refractivity contribution in [1.29, 1.82) is 0 Å². The summed E-state index contributed by atoms with van der Waals surface area (Å²) >= 11 is 1.43. The fourth-order valence-corrected chi connectivity index (χ4v) is 4.91. The third-order valence-electron chi connectivity index (χ3n) is 3.91. The highest BCUT2D eigenvalue weighted by Gasteiger charge is 2.37. The molecule has 136 valence electrons. The van der Waals surface area contributed by atoms with Crippen molar-refractivity contribution in [2.45, 2.75) is 10.9 Å². The van der Waals surface area contributed by atoms with E-state index in [0.717, 1.165) is 4.90 Å². The molecule has 0 saturated carbocycles. The van der Waals surface area contributed by atoms with Gasteiger partial charge in [0.1, 0.15) is 6.61 Å². The zero-order chi connectivity index (χ0) is 18.3. The van der Waals surface area contributed by atoms with Crippen LogP contribution >= 0.6 is 11.8 Å². The minimum absolute atomic E-state index is 0.0446. The first-order valence-electron chi connectivity index (χ1n) is 7.87. The van der Waals surface area contributed by atoms with Crippen molar-refractivity contribution in [3.63, 3.8) is 0 Å². The molecule has 25 heavy (non-hydrogen) atoms. The number of rotatable bonds is 8. The van der Waals surface area contributed by atoms with Crippen molar-refractivity contribution in [1.82, 2.24) is 9.21 Å². The Labute approximate surface area is 153 Å². The van der Waals surface area contributed by atoms with Crippen molar-refractivity contribution >= 4 is 27.8 Å². The monoisotopic (exact) mass is 382 g/mol. The molecule has 1 aliphatic heterocycles. The fourth-order valence-electron chi connectivity index (χ4n) is 2.47. The molecule has 1 heterocycles. The number of benzene rings is 1. The summed E-state index contributed by atoms with van der Waals surface area (Å²) in [5, 5.41) is 0. The molecular formula is C17H22N2O4S2.